The lowest BCUT2D eigenvalue weighted by molar-refractivity contribution is 0.187. The second-order valence-corrected chi connectivity index (χ2v) is 6.49. The molecule has 0 unspecified atom stereocenters. The van der Waals surface area contributed by atoms with Crippen molar-refractivity contribution in [2.24, 2.45) is 0 Å². The number of carbonyl (C=O) groups is 2. The van der Waals surface area contributed by atoms with E-state index in [1.165, 1.54) is 18.4 Å². The highest BCUT2D eigenvalue weighted by atomic mass is 35.5. The van der Waals surface area contributed by atoms with E-state index < -0.39 is 6.09 Å². The number of methoxy groups -OCH3 is 1. The van der Waals surface area contributed by atoms with Gasteiger partial charge in [0.2, 0.25) is 0 Å². The smallest absolute Gasteiger partial charge is 0.411 e. The fourth-order valence-electron chi connectivity index (χ4n) is 1.77. The Balaban J connectivity index is 1.90. The topological polar surface area (TPSA) is 70.7 Å². The Hall–Kier alpha value is -2.25. The van der Waals surface area contributed by atoms with Crippen molar-refractivity contribution < 1.29 is 14.3 Å². The van der Waals surface area contributed by atoms with Crippen molar-refractivity contribution in [3.05, 3.63) is 45.6 Å². The summed E-state index contributed by atoms with van der Waals surface area (Å²) in [6.45, 7) is 0.477. The first-order valence-electron chi connectivity index (χ1n) is 6.69. The molecule has 0 aliphatic heterocycles. The molecular weight excluding hydrogens is 338 g/mol. The normalized spacial score (nSPS) is 10.0. The van der Waals surface area contributed by atoms with E-state index in [-0.39, 0.29) is 6.03 Å². The predicted octanol–water partition coefficient (Wildman–Crippen LogP) is 4.24. The van der Waals surface area contributed by atoms with Crippen LogP contribution in [-0.2, 0) is 11.3 Å². The molecule has 0 spiro atoms. The summed E-state index contributed by atoms with van der Waals surface area (Å²) in [4.78, 5) is 25.8. The third kappa shape index (κ3) is 5.15. The molecule has 6 nitrogen and oxygen atoms in total. The molecule has 0 aliphatic rings. The van der Waals surface area contributed by atoms with Crippen LogP contribution in [0.5, 0.6) is 0 Å². The molecule has 0 fully saturated rings. The van der Waals surface area contributed by atoms with Crippen LogP contribution in [0, 0.1) is 0 Å². The Morgan fingerprint density at radius 3 is 2.26 bits per heavy atom. The number of nitrogens with one attached hydrogen (secondary N) is 2. The molecule has 3 amide bonds. The fraction of sp³-hybridized carbons (Fsp3) is 0.200. The molecule has 2 N–H and O–H groups in total. The molecule has 122 valence electrons. The molecule has 0 radical (unpaired) electrons. The molecule has 1 aromatic carbocycles. The summed E-state index contributed by atoms with van der Waals surface area (Å²) >= 11 is 7.32. The number of ether oxygens (including phenoxy) is 1. The molecule has 1 heterocycles. The Kier molecular flexibility index (Phi) is 5.84. The summed E-state index contributed by atoms with van der Waals surface area (Å²) in [5.74, 6) is 0. The quantitative estimate of drug-likeness (QED) is 0.863. The number of thiophene rings is 1. The highest BCUT2D eigenvalue weighted by Crippen LogP contribution is 2.22. The van der Waals surface area contributed by atoms with Gasteiger partial charge in [0.25, 0.3) is 0 Å². The number of carbonyl (C=O) groups excluding carboxylic acids is 2. The Bertz CT molecular complexity index is 688. The van der Waals surface area contributed by atoms with E-state index in [2.05, 4.69) is 15.4 Å². The maximum Gasteiger partial charge on any atom is 0.411 e. The van der Waals surface area contributed by atoms with Gasteiger partial charge in [0.1, 0.15) is 0 Å². The molecule has 0 saturated heterocycles. The third-order valence-corrected chi connectivity index (χ3v) is 4.15. The predicted molar refractivity (Wildman–Crippen MR) is 92.3 cm³/mol. The van der Waals surface area contributed by atoms with Crippen molar-refractivity contribution in [3.8, 4) is 0 Å². The number of halogens is 1. The molecule has 0 bridgehead atoms. The number of hydrogen-bond donors (Lipinski definition) is 2. The Labute approximate surface area is 143 Å². The first-order valence-corrected chi connectivity index (χ1v) is 7.88. The molecule has 2 aromatic rings. The van der Waals surface area contributed by atoms with Gasteiger partial charge < -0.3 is 15.0 Å². The van der Waals surface area contributed by atoms with Crippen LogP contribution in [-0.4, -0.2) is 31.2 Å². The van der Waals surface area contributed by atoms with Crippen LogP contribution in [0.15, 0.2) is 36.4 Å². The average molecular weight is 354 g/mol. The van der Waals surface area contributed by atoms with Crippen molar-refractivity contribution in [3.63, 3.8) is 0 Å². The van der Waals surface area contributed by atoms with Crippen LogP contribution in [0.2, 0.25) is 4.34 Å². The molecular formula is C15H16ClN3O3S. The highest BCUT2D eigenvalue weighted by molar-refractivity contribution is 7.16. The number of nitrogens with zero attached hydrogens (tertiary/aromatic N) is 1. The zero-order valence-corrected chi connectivity index (χ0v) is 14.2. The van der Waals surface area contributed by atoms with Gasteiger partial charge >= 0.3 is 12.1 Å². The number of anilines is 2. The van der Waals surface area contributed by atoms with Gasteiger partial charge in [-0.2, -0.15) is 0 Å². The van der Waals surface area contributed by atoms with Crippen LogP contribution in [0.4, 0.5) is 21.0 Å². The van der Waals surface area contributed by atoms with Crippen LogP contribution >= 0.6 is 22.9 Å². The van der Waals surface area contributed by atoms with E-state index in [9.17, 15) is 9.59 Å². The minimum atomic E-state index is -0.545. The number of rotatable bonds is 4. The van der Waals surface area contributed by atoms with Crippen molar-refractivity contribution >= 4 is 46.4 Å². The number of benzene rings is 1. The maximum atomic E-state index is 12.1. The summed E-state index contributed by atoms with van der Waals surface area (Å²) in [5, 5.41) is 5.31. The second kappa shape index (κ2) is 7.85. The lowest BCUT2D eigenvalue weighted by Gasteiger charge is -2.17. The van der Waals surface area contributed by atoms with E-state index in [1.807, 2.05) is 6.07 Å². The van der Waals surface area contributed by atoms with Crippen LogP contribution in [0.25, 0.3) is 0 Å². The summed E-state index contributed by atoms with van der Waals surface area (Å²) in [5.41, 5.74) is 1.21. The number of hydrogen-bond acceptors (Lipinski definition) is 4. The van der Waals surface area contributed by atoms with Gasteiger partial charge in [0.15, 0.2) is 0 Å². The molecule has 0 saturated carbocycles. The van der Waals surface area contributed by atoms with Crippen LogP contribution < -0.4 is 10.6 Å². The number of amides is 3. The summed E-state index contributed by atoms with van der Waals surface area (Å²) in [6.07, 6.45) is -0.545. The van der Waals surface area contributed by atoms with Crippen molar-refractivity contribution in [2.45, 2.75) is 6.54 Å². The fourth-order valence-corrected chi connectivity index (χ4v) is 2.91. The molecule has 8 heteroatoms. The SMILES string of the molecule is COC(=O)Nc1ccc(NC(=O)N(C)Cc2ccc(Cl)s2)cc1. The zero-order chi connectivity index (χ0) is 16.8. The van der Waals surface area contributed by atoms with Gasteiger partial charge in [-0.05, 0) is 36.4 Å². The van der Waals surface area contributed by atoms with E-state index >= 15 is 0 Å². The molecule has 0 atom stereocenters. The first kappa shape index (κ1) is 17.1. The highest BCUT2D eigenvalue weighted by Gasteiger charge is 2.11. The summed E-state index contributed by atoms with van der Waals surface area (Å²) in [6, 6.07) is 10.2. The molecule has 2 rings (SSSR count). The van der Waals surface area contributed by atoms with Crippen molar-refractivity contribution in [1.82, 2.24) is 4.90 Å². The van der Waals surface area contributed by atoms with Crippen LogP contribution in [0.1, 0.15) is 4.88 Å². The van der Waals surface area contributed by atoms with Gasteiger partial charge in [-0.15, -0.1) is 11.3 Å². The van der Waals surface area contributed by atoms with Gasteiger partial charge in [0, 0.05) is 23.3 Å². The van der Waals surface area contributed by atoms with Crippen molar-refractivity contribution in [1.29, 1.82) is 0 Å². The van der Waals surface area contributed by atoms with E-state index in [1.54, 1.807) is 42.3 Å². The zero-order valence-electron chi connectivity index (χ0n) is 12.6. The maximum absolute atomic E-state index is 12.1. The Morgan fingerprint density at radius 2 is 1.74 bits per heavy atom. The standard InChI is InChI=1S/C15H16ClN3O3S/c1-19(9-12-7-8-13(16)23-12)14(20)17-10-3-5-11(6-4-10)18-15(21)22-2/h3-8H,9H2,1-2H3,(H,17,20)(H,18,21). The largest absolute Gasteiger partial charge is 0.453 e. The minimum Gasteiger partial charge on any atom is -0.453 e. The van der Waals surface area contributed by atoms with Gasteiger partial charge in [-0.1, -0.05) is 11.6 Å². The molecule has 1 aromatic heterocycles. The van der Waals surface area contributed by atoms with Crippen LogP contribution in [0.3, 0.4) is 0 Å². The first-order chi connectivity index (χ1) is 11.0. The third-order valence-electron chi connectivity index (χ3n) is 2.94. The lowest BCUT2D eigenvalue weighted by atomic mass is 10.3. The Morgan fingerprint density at radius 1 is 1.13 bits per heavy atom. The van der Waals surface area contributed by atoms with E-state index in [0.29, 0.717) is 22.3 Å². The summed E-state index contributed by atoms with van der Waals surface area (Å²) < 4.78 is 5.20. The van der Waals surface area contributed by atoms with Gasteiger partial charge in [-0.25, -0.2) is 9.59 Å². The monoisotopic (exact) mass is 353 g/mol. The van der Waals surface area contributed by atoms with E-state index in [4.69, 9.17) is 11.6 Å². The average Bonchev–Trinajstić information content (AvgIpc) is 2.94. The van der Waals surface area contributed by atoms with Gasteiger partial charge in [0.05, 0.1) is 18.0 Å². The minimum absolute atomic E-state index is 0.233. The van der Waals surface area contributed by atoms with Crippen molar-refractivity contribution in [2.75, 3.05) is 24.8 Å². The second-order valence-electron chi connectivity index (χ2n) is 4.69. The van der Waals surface area contributed by atoms with E-state index in [0.717, 1.165) is 4.88 Å². The lowest BCUT2D eigenvalue weighted by Crippen LogP contribution is -2.30. The molecule has 0 aliphatic carbocycles. The van der Waals surface area contributed by atoms with Gasteiger partial charge in [-0.3, -0.25) is 5.32 Å². The molecule has 23 heavy (non-hydrogen) atoms. The summed E-state index contributed by atoms with van der Waals surface area (Å²) in [7, 11) is 3.00. The number of urea groups is 1.